The highest BCUT2D eigenvalue weighted by atomic mass is 16.6. The molecule has 1 heterocycles. The lowest BCUT2D eigenvalue weighted by molar-refractivity contribution is 0.0751. The highest BCUT2D eigenvalue weighted by Gasteiger charge is 2.19. The minimum atomic E-state index is -0.0229. The van der Waals surface area contributed by atoms with Gasteiger partial charge in [-0.2, -0.15) is 0 Å². The first-order valence-corrected chi connectivity index (χ1v) is 8.03. The van der Waals surface area contributed by atoms with Crippen molar-refractivity contribution in [1.29, 1.82) is 0 Å². The molecule has 0 aliphatic carbocycles. The molecule has 3 rings (SSSR count). The summed E-state index contributed by atoms with van der Waals surface area (Å²) in [7, 11) is 1.64. The average molecular weight is 327 g/mol. The van der Waals surface area contributed by atoms with Crippen LogP contribution in [0, 0.1) is 0 Å². The van der Waals surface area contributed by atoms with Gasteiger partial charge in [-0.05, 0) is 42.8 Å². The molecule has 0 radical (unpaired) electrons. The second-order valence-corrected chi connectivity index (χ2v) is 5.53. The number of ether oxygens (including phenoxy) is 3. The Morgan fingerprint density at radius 1 is 1.08 bits per heavy atom. The molecule has 5 heteroatoms. The van der Waals surface area contributed by atoms with Gasteiger partial charge in [0.2, 0.25) is 0 Å². The maximum atomic E-state index is 12.8. The van der Waals surface area contributed by atoms with E-state index >= 15 is 0 Å². The van der Waals surface area contributed by atoms with Crippen LogP contribution in [0.25, 0.3) is 0 Å². The van der Waals surface area contributed by atoms with Crippen LogP contribution in [0.5, 0.6) is 17.2 Å². The molecule has 1 amide bonds. The number of nitrogens with zero attached hydrogens (tertiary/aromatic N) is 1. The highest BCUT2D eigenvalue weighted by molar-refractivity contribution is 5.95. The van der Waals surface area contributed by atoms with Gasteiger partial charge in [-0.3, -0.25) is 4.79 Å². The number of carbonyl (C=O) groups excluding carboxylic acids is 1. The molecule has 2 aromatic rings. The molecule has 2 aromatic carbocycles. The molecule has 126 valence electrons. The maximum absolute atomic E-state index is 12.8. The Bertz CT molecular complexity index is 712. The van der Waals surface area contributed by atoms with Crippen LogP contribution in [-0.2, 0) is 6.54 Å². The third-order valence-corrected chi connectivity index (χ3v) is 3.99. The van der Waals surface area contributed by atoms with E-state index in [4.69, 9.17) is 14.2 Å². The van der Waals surface area contributed by atoms with Gasteiger partial charge in [-0.25, -0.2) is 0 Å². The SMILES string of the molecule is CCN(Cc1ccc(OC)cc1)C(=O)c1ccc2c(c1)OCCO2. The van der Waals surface area contributed by atoms with E-state index in [2.05, 4.69) is 0 Å². The van der Waals surface area contributed by atoms with Gasteiger partial charge in [0.05, 0.1) is 7.11 Å². The van der Waals surface area contributed by atoms with E-state index in [9.17, 15) is 4.79 Å². The van der Waals surface area contributed by atoms with Gasteiger partial charge in [0.25, 0.3) is 5.91 Å². The molecular weight excluding hydrogens is 306 g/mol. The summed E-state index contributed by atoms with van der Waals surface area (Å²) in [5.74, 6) is 2.11. The van der Waals surface area contributed by atoms with E-state index in [-0.39, 0.29) is 5.91 Å². The number of fused-ring (bicyclic) bond motifs is 1. The van der Waals surface area contributed by atoms with Crippen LogP contribution in [0.2, 0.25) is 0 Å². The van der Waals surface area contributed by atoms with Crippen molar-refractivity contribution in [3.8, 4) is 17.2 Å². The Morgan fingerprint density at radius 3 is 2.46 bits per heavy atom. The van der Waals surface area contributed by atoms with Crippen LogP contribution in [0.15, 0.2) is 42.5 Å². The van der Waals surface area contributed by atoms with Gasteiger partial charge in [-0.1, -0.05) is 12.1 Å². The van der Waals surface area contributed by atoms with Gasteiger partial charge >= 0.3 is 0 Å². The number of methoxy groups -OCH3 is 1. The van der Waals surface area contributed by atoms with Crippen LogP contribution < -0.4 is 14.2 Å². The van der Waals surface area contributed by atoms with Crippen LogP contribution in [0.3, 0.4) is 0 Å². The molecule has 0 spiro atoms. The maximum Gasteiger partial charge on any atom is 0.254 e. The third-order valence-electron chi connectivity index (χ3n) is 3.99. The Kier molecular flexibility index (Phi) is 4.89. The minimum Gasteiger partial charge on any atom is -0.497 e. The summed E-state index contributed by atoms with van der Waals surface area (Å²) < 4.78 is 16.2. The first-order chi connectivity index (χ1) is 11.7. The summed E-state index contributed by atoms with van der Waals surface area (Å²) in [4.78, 5) is 14.6. The number of hydrogen-bond donors (Lipinski definition) is 0. The van der Waals surface area contributed by atoms with E-state index in [1.54, 1.807) is 30.2 Å². The van der Waals surface area contributed by atoms with Crippen LogP contribution in [0.4, 0.5) is 0 Å². The molecule has 0 bridgehead atoms. The van der Waals surface area contributed by atoms with Gasteiger partial charge in [0.15, 0.2) is 11.5 Å². The third kappa shape index (κ3) is 3.45. The van der Waals surface area contributed by atoms with Crippen molar-refractivity contribution in [3.63, 3.8) is 0 Å². The molecule has 24 heavy (non-hydrogen) atoms. The molecule has 0 fully saturated rings. The lowest BCUT2D eigenvalue weighted by Crippen LogP contribution is -2.30. The summed E-state index contributed by atoms with van der Waals surface area (Å²) in [6, 6.07) is 13.1. The largest absolute Gasteiger partial charge is 0.497 e. The van der Waals surface area contributed by atoms with Gasteiger partial charge < -0.3 is 19.1 Å². The van der Waals surface area contributed by atoms with Gasteiger partial charge in [0, 0.05) is 18.7 Å². The number of hydrogen-bond acceptors (Lipinski definition) is 4. The monoisotopic (exact) mass is 327 g/mol. The second-order valence-electron chi connectivity index (χ2n) is 5.53. The number of carbonyl (C=O) groups is 1. The molecule has 0 N–H and O–H groups in total. The van der Waals surface area contributed by atoms with Crippen molar-refractivity contribution in [2.45, 2.75) is 13.5 Å². The van der Waals surface area contributed by atoms with Crippen molar-refractivity contribution in [1.82, 2.24) is 4.90 Å². The standard InChI is InChI=1S/C19H21NO4/c1-3-20(13-14-4-7-16(22-2)8-5-14)19(21)15-6-9-17-18(12-15)24-11-10-23-17/h4-9,12H,3,10-11,13H2,1-2H3. The zero-order valence-electron chi connectivity index (χ0n) is 14.0. The topological polar surface area (TPSA) is 48.0 Å². The van der Waals surface area contributed by atoms with Crippen molar-refractivity contribution in [3.05, 3.63) is 53.6 Å². The smallest absolute Gasteiger partial charge is 0.254 e. The van der Waals surface area contributed by atoms with Crippen molar-refractivity contribution < 1.29 is 19.0 Å². The van der Waals surface area contributed by atoms with E-state index in [0.717, 1.165) is 11.3 Å². The molecule has 0 saturated carbocycles. The van der Waals surface area contributed by atoms with Gasteiger partial charge in [0.1, 0.15) is 19.0 Å². The summed E-state index contributed by atoms with van der Waals surface area (Å²) in [6.07, 6.45) is 0. The quantitative estimate of drug-likeness (QED) is 0.846. The Morgan fingerprint density at radius 2 is 1.79 bits per heavy atom. The zero-order valence-corrected chi connectivity index (χ0v) is 14.0. The summed E-state index contributed by atoms with van der Waals surface area (Å²) in [6.45, 7) is 4.19. The summed E-state index contributed by atoms with van der Waals surface area (Å²) in [5.41, 5.74) is 1.66. The van der Waals surface area contributed by atoms with Crippen molar-refractivity contribution in [2.75, 3.05) is 26.9 Å². The summed E-state index contributed by atoms with van der Waals surface area (Å²) in [5, 5.41) is 0. The van der Waals surface area contributed by atoms with Crippen LogP contribution >= 0.6 is 0 Å². The Hall–Kier alpha value is -2.69. The van der Waals surface area contributed by atoms with Crippen LogP contribution in [-0.4, -0.2) is 37.7 Å². The molecule has 0 unspecified atom stereocenters. The lowest BCUT2D eigenvalue weighted by Gasteiger charge is -2.23. The molecule has 0 saturated heterocycles. The average Bonchev–Trinajstić information content (AvgIpc) is 2.65. The molecule has 1 aliphatic rings. The van der Waals surface area contributed by atoms with Crippen molar-refractivity contribution >= 4 is 5.91 Å². The number of rotatable bonds is 5. The highest BCUT2D eigenvalue weighted by Crippen LogP contribution is 2.31. The van der Waals surface area contributed by atoms with E-state index in [1.165, 1.54) is 0 Å². The summed E-state index contributed by atoms with van der Waals surface area (Å²) >= 11 is 0. The fourth-order valence-corrected chi connectivity index (χ4v) is 2.64. The predicted octanol–water partition coefficient (Wildman–Crippen LogP) is 3.13. The normalized spacial score (nSPS) is 12.6. The number of amides is 1. The zero-order chi connectivity index (χ0) is 16.9. The molecular formula is C19H21NO4. The van der Waals surface area contributed by atoms with Gasteiger partial charge in [-0.15, -0.1) is 0 Å². The molecule has 1 aliphatic heterocycles. The Labute approximate surface area is 141 Å². The fraction of sp³-hybridized carbons (Fsp3) is 0.316. The molecule has 0 aromatic heterocycles. The predicted molar refractivity (Wildman–Crippen MR) is 90.8 cm³/mol. The van der Waals surface area contributed by atoms with Crippen LogP contribution in [0.1, 0.15) is 22.8 Å². The first kappa shape index (κ1) is 16.2. The lowest BCUT2D eigenvalue weighted by atomic mass is 10.1. The molecule has 0 atom stereocenters. The minimum absolute atomic E-state index is 0.0229. The fourth-order valence-electron chi connectivity index (χ4n) is 2.64. The van der Waals surface area contributed by atoms with E-state index in [0.29, 0.717) is 43.4 Å². The first-order valence-electron chi connectivity index (χ1n) is 8.03. The second kappa shape index (κ2) is 7.25. The van der Waals surface area contributed by atoms with E-state index < -0.39 is 0 Å². The Balaban J connectivity index is 1.75. The number of benzene rings is 2. The van der Waals surface area contributed by atoms with Crippen molar-refractivity contribution in [2.24, 2.45) is 0 Å². The molecule has 5 nitrogen and oxygen atoms in total. The van der Waals surface area contributed by atoms with E-state index in [1.807, 2.05) is 31.2 Å².